The number of aryl methyl sites for hydroxylation is 1. The molecule has 0 amide bonds. The van der Waals surface area contributed by atoms with Crippen molar-refractivity contribution in [2.24, 2.45) is 0 Å². The van der Waals surface area contributed by atoms with Crippen LogP contribution in [0.2, 0.25) is 0 Å². The van der Waals surface area contributed by atoms with Crippen LogP contribution in [0.5, 0.6) is 0 Å². The molecule has 0 radical (unpaired) electrons. The fraction of sp³-hybridized carbons (Fsp3) is 0.381. The molecule has 1 atom stereocenters. The fourth-order valence-electron chi connectivity index (χ4n) is 3.87. The summed E-state index contributed by atoms with van der Waals surface area (Å²) in [6.07, 6.45) is 4.09. The number of para-hydroxylation sites is 1. The van der Waals surface area contributed by atoms with E-state index >= 15 is 0 Å². The lowest BCUT2D eigenvalue weighted by Gasteiger charge is -2.18. The molecule has 0 N–H and O–H groups in total. The zero-order valence-electron chi connectivity index (χ0n) is 16.9. The summed E-state index contributed by atoms with van der Waals surface area (Å²) in [7, 11) is 0. The maximum atomic E-state index is 13.3. The van der Waals surface area contributed by atoms with Crippen LogP contribution in [-0.4, -0.2) is 29.5 Å². The lowest BCUT2D eigenvalue weighted by molar-refractivity contribution is 0.376. The predicted molar refractivity (Wildman–Crippen MR) is 113 cm³/mol. The molecule has 2 aromatic rings. The van der Waals surface area contributed by atoms with E-state index in [1.807, 2.05) is 44.2 Å². The van der Waals surface area contributed by atoms with E-state index in [0.717, 1.165) is 48.8 Å². The van der Waals surface area contributed by atoms with Crippen molar-refractivity contribution in [1.82, 2.24) is 29.5 Å². The van der Waals surface area contributed by atoms with Crippen molar-refractivity contribution in [3.63, 3.8) is 0 Å². The highest BCUT2D eigenvalue weighted by atomic mass is 32.2. The van der Waals surface area contributed by atoms with E-state index < -0.39 is 0 Å². The second-order valence-electron chi connectivity index (χ2n) is 7.49. The minimum Gasteiger partial charge on any atom is -0.338 e. The molecule has 0 spiro atoms. The monoisotopic (exact) mass is 422 g/mol. The van der Waals surface area contributed by atoms with Gasteiger partial charge in [0.25, 0.3) is 5.56 Å². The second-order valence-corrected chi connectivity index (χ2v) is 8.80. The third-order valence-electron chi connectivity index (χ3n) is 5.34. The molecule has 0 saturated carbocycles. The summed E-state index contributed by atoms with van der Waals surface area (Å²) in [6.45, 7) is 4.67. The molecule has 0 aliphatic carbocycles. The quantitative estimate of drug-likeness (QED) is 0.365. The number of hydrogen-bond donors (Lipinski definition) is 0. The van der Waals surface area contributed by atoms with Gasteiger partial charge in [-0.3, -0.25) is 4.79 Å². The number of benzene rings is 1. The third kappa shape index (κ3) is 3.32. The normalized spacial score (nSPS) is 15.1. The van der Waals surface area contributed by atoms with Crippen LogP contribution < -0.4 is 5.56 Å². The van der Waals surface area contributed by atoms with Crippen LogP contribution in [-0.2, 0) is 13.0 Å². The fourth-order valence-corrected chi connectivity index (χ4v) is 4.86. The van der Waals surface area contributed by atoms with Crippen LogP contribution in [0.25, 0.3) is 17.1 Å². The second kappa shape index (κ2) is 7.71. The SMILES string of the molecule is Cc1noc(C(C)Sc2nc3nn(-c4ccccc4)c(=O)c-3c3n2CCCCC3)n1. The molecule has 1 aromatic carbocycles. The van der Waals surface area contributed by atoms with Gasteiger partial charge in [-0.15, -0.1) is 5.10 Å². The Hall–Kier alpha value is -2.94. The first kappa shape index (κ1) is 19.0. The lowest BCUT2D eigenvalue weighted by Crippen LogP contribution is -2.19. The number of aromatic nitrogens is 6. The van der Waals surface area contributed by atoms with E-state index in [0.29, 0.717) is 23.1 Å². The highest BCUT2D eigenvalue weighted by Crippen LogP contribution is 2.37. The molecule has 1 aromatic heterocycles. The largest absolute Gasteiger partial charge is 0.338 e. The molecule has 0 saturated heterocycles. The summed E-state index contributed by atoms with van der Waals surface area (Å²) in [5, 5.41) is 9.25. The molecular weight excluding hydrogens is 400 g/mol. The Balaban J connectivity index is 1.65. The zero-order chi connectivity index (χ0) is 20.7. The summed E-state index contributed by atoms with van der Waals surface area (Å²) in [5.74, 6) is 1.68. The average molecular weight is 423 g/mol. The van der Waals surface area contributed by atoms with Gasteiger partial charge >= 0.3 is 0 Å². The smallest absolute Gasteiger partial charge is 0.284 e. The molecule has 0 fully saturated rings. The van der Waals surface area contributed by atoms with Crippen molar-refractivity contribution in [3.05, 3.63) is 58.1 Å². The lowest BCUT2D eigenvalue weighted by atomic mass is 10.1. The predicted octanol–water partition coefficient (Wildman–Crippen LogP) is 3.80. The van der Waals surface area contributed by atoms with Gasteiger partial charge in [0, 0.05) is 12.2 Å². The molecular formula is C21H22N6O2S. The van der Waals surface area contributed by atoms with Crippen molar-refractivity contribution < 1.29 is 4.52 Å². The molecule has 4 heterocycles. The van der Waals surface area contributed by atoms with Crippen LogP contribution in [0, 0.1) is 6.92 Å². The van der Waals surface area contributed by atoms with E-state index in [1.165, 1.54) is 4.68 Å². The number of rotatable bonds is 4. The standard InChI is InChI=1S/C21H22N6O2S/c1-13(19-22-14(2)25-29-19)30-21-23-18-17(16-11-7-4-8-12-26(16)21)20(28)27(24-18)15-9-5-3-6-10-15/h3,5-6,9-10,13H,4,7-8,11-12H2,1-2H3. The molecule has 0 bridgehead atoms. The first-order valence-electron chi connectivity index (χ1n) is 10.2. The molecule has 5 rings (SSSR count). The Morgan fingerprint density at radius 3 is 2.73 bits per heavy atom. The Morgan fingerprint density at radius 2 is 1.97 bits per heavy atom. The van der Waals surface area contributed by atoms with E-state index in [2.05, 4.69) is 19.8 Å². The van der Waals surface area contributed by atoms with Crippen LogP contribution in [0.1, 0.15) is 48.8 Å². The van der Waals surface area contributed by atoms with Gasteiger partial charge in [-0.1, -0.05) is 41.5 Å². The van der Waals surface area contributed by atoms with Gasteiger partial charge < -0.3 is 9.09 Å². The van der Waals surface area contributed by atoms with Gasteiger partial charge in [-0.25, -0.2) is 4.98 Å². The number of hydrogen-bond acceptors (Lipinski definition) is 7. The van der Waals surface area contributed by atoms with Gasteiger partial charge in [0.2, 0.25) is 5.89 Å². The molecule has 3 aliphatic rings. The maximum Gasteiger partial charge on any atom is 0.284 e. The van der Waals surface area contributed by atoms with Gasteiger partial charge in [0.15, 0.2) is 16.8 Å². The molecule has 3 aliphatic heterocycles. The van der Waals surface area contributed by atoms with Gasteiger partial charge in [-0.2, -0.15) is 9.67 Å². The summed E-state index contributed by atoms with van der Waals surface area (Å²) in [6, 6.07) is 9.49. The summed E-state index contributed by atoms with van der Waals surface area (Å²) in [5.41, 5.74) is 2.30. The van der Waals surface area contributed by atoms with Crippen LogP contribution in [0.15, 0.2) is 44.8 Å². The van der Waals surface area contributed by atoms with Crippen LogP contribution >= 0.6 is 11.8 Å². The molecule has 30 heavy (non-hydrogen) atoms. The maximum absolute atomic E-state index is 13.3. The topological polar surface area (TPSA) is 91.6 Å². The summed E-state index contributed by atoms with van der Waals surface area (Å²) in [4.78, 5) is 22.4. The Morgan fingerprint density at radius 1 is 1.13 bits per heavy atom. The number of thioether (sulfide) groups is 1. The third-order valence-corrected chi connectivity index (χ3v) is 6.42. The Labute approximate surface area is 177 Å². The first-order chi connectivity index (χ1) is 14.6. The van der Waals surface area contributed by atoms with E-state index in [-0.39, 0.29) is 10.8 Å². The van der Waals surface area contributed by atoms with Crippen molar-refractivity contribution in [3.8, 4) is 17.1 Å². The molecule has 1 unspecified atom stereocenters. The van der Waals surface area contributed by atoms with E-state index in [1.54, 1.807) is 11.8 Å². The van der Waals surface area contributed by atoms with Crippen LogP contribution in [0.3, 0.4) is 0 Å². The van der Waals surface area contributed by atoms with Gasteiger partial charge in [0.1, 0.15) is 5.56 Å². The van der Waals surface area contributed by atoms with E-state index in [4.69, 9.17) is 9.51 Å². The molecule has 8 nitrogen and oxygen atoms in total. The van der Waals surface area contributed by atoms with E-state index in [9.17, 15) is 4.79 Å². The molecule has 154 valence electrons. The first-order valence-corrected chi connectivity index (χ1v) is 11.0. The number of nitrogens with zero attached hydrogens (tertiary/aromatic N) is 6. The summed E-state index contributed by atoms with van der Waals surface area (Å²) < 4.78 is 9.00. The average Bonchev–Trinajstić information content (AvgIpc) is 3.23. The van der Waals surface area contributed by atoms with Crippen molar-refractivity contribution >= 4 is 11.8 Å². The highest BCUT2D eigenvalue weighted by Gasteiger charge is 2.28. The highest BCUT2D eigenvalue weighted by molar-refractivity contribution is 7.99. The van der Waals surface area contributed by atoms with Crippen molar-refractivity contribution in [2.45, 2.75) is 56.5 Å². The van der Waals surface area contributed by atoms with Crippen LogP contribution in [0.4, 0.5) is 0 Å². The molecule has 9 heteroatoms. The number of fused-ring (bicyclic) bond motifs is 3. The van der Waals surface area contributed by atoms with Crippen molar-refractivity contribution in [2.75, 3.05) is 0 Å². The minimum absolute atomic E-state index is 0.0565. The van der Waals surface area contributed by atoms with Gasteiger partial charge in [0.05, 0.1) is 10.9 Å². The van der Waals surface area contributed by atoms with Crippen molar-refractivity contribution in [1.29, 1.82) is 0 Å². The minimum atomic E-state index is -0.105. The van der Waals surface area contributed by atoms with Gasteiger partial charge in [-0.05, 0) is 45.2 Å². The zero-order valence-corrected chi connectivity index (χ0v) is 17.7. The Kier molecular flexibility index (Phi) is 4.90. The Bertz CT molecular complexity index is 1210. The summed E-state index contributed by atoms with van der Waals surface area (Å²) >= 11 is 1.56.